The molecule has 7 nitrogen and oxygen atoms in total. The molecule has 168 valence electrons. The van der Waals surface area contributed by atoms with Crippen molar-refractivity contribution in [3.05, 3.63) is 60.2 Å². The van der Waals surface area contributed by atoms with Gasteiger partial charge in [-0.05, 0) is 62.1 Å². The second kappa shape index (κ2) is 10.3. The first-order valence-corrected chi connectivity index (χ1v) is 10.8. The van der Waals surface area contributed by atoms with Gasteiger partial charge in [-0.3, -0.25) is 4.79 Å². The van der Waals surface area contributed by atoms with Crippen LogP contribution in [0.1, 0.15) is 25.7 Å². The molecule has 0 radical (unpaired) electrons. The van der Waals surface area contributed by atoms with Crippen molar-refractivity contribution in [3.63, 3.8) is 0 Å². The second-order valence-corrected chi connectivity index (χ2v) is 7.74. The van der Waals surface area contributed by atoms with E-state index < -0.39 is 0 Å². The van der Waals surface area contributed by atoms with Gasteiger partial charge in [0.25, 0.3) is 5.91 Å². The standard InChI is InChI=1S/C24H26FN3O4/c1-2-30-18-9-11-19(12-10-18)31-16-23(29)28-13-5-6-17(15-28)14-22-26-24(27-32-22)20-7-3-4-8-21(20)25/h3-4,7-12,17H,2,5-6,13-16H2,1H3. The van der Waals surface area contributed by atoms with Crippen molar-refractivity contribution in [1.29, 1.82) is 0 Å². The normalized spacial score (nSPS) is 16.1. The number of benzene rings is 2. The maximum absolute atomic E-state index is 13.9. The highest BCUT2D eigenvalue weighted by Gasteiger charge is 2.26. The molecule has 1 aromatic heterocycles. The van der Waals surface area contributed by atoms with Crippen LogP contribution in [0, 0.1) is 11.7 Å². The monoisotopic (exact) mass is 439 g/mol. The van der Waals surface area contributed by atoms with Crippen LogP contribution >= 0.6 is 0 Å². The Hall–Kier alpha value is -3.42. The fourth-order valence-electron chi connectivity index (χ4n) is 3.83. The molecule has 8 heteroatoms. The zero-order valence-corrected chi connectivity index (χ0v) is 18.0. The molecule has 32 heavy (non-hydrogen) atoms. The Morgan fingerprint density at radius 3 is 2.66 bits per heavy atom. The summed E-state index contributed by atoms with van der Waals surface area (Å²) in [4.78, 5) is 18.8. The van der Waals surface area contributed by atoms with E-state index >= 15 is 0 Å². The molecule has 0 spiro atoms. The van der Waals surface area contributed by atoms with Crippen molar-refractivity contribution in [2.45, 2.75) is 26.2 Å². The second-order valence-electron chi connectivity index (χ2n) is 7.74. The van der Waals surface area contributed by atoms with Crippen molar-refractivity contribution >= 4 is 5.91 Å². The van der Waals surface area contributed by atoms with E-state index in [0.29, 0.717) is 43.3 Å². The Labute approximate surface area is 186 Å². The van der Waals surface area contributed by atoms with Gasteiger partial charge in [0.1, 0.15) is 17.3 Å². The maximum atomic E-state index is 13.9. The molecule has 1 aliphatic heterocycles. The molecule has 2 heterocycles. The zero-order valence-electron chi connectivity index (χ0n) is 18.0. The lowest BCUT2D eigenvalue weighted by Gasteiger charge is -2.32. The molecule has 1 atom stereocenters. The summed E-state index contributed by atoms with van der Waals surface area (Å²) in [5.74, 6) is 1.85. The Morgan fingerprint density at radius 2 is 1.91 bits per heavy atom. The lowest BCUT2D eigenvalue weighted by Crippen LogP contribution is -2.42. The summed E-state index contributed by atoms with van der Waals surface area (Å²) in [6, 6.07) is 13.6. The van der Waals surface area contributed by atoms with Crippen molar-refractivity contribution in [2.24, 2.45) is 5.92 Å². The fourth-order valence-corrected chi connectivity index (χ4v) is 3.83. The van der Waals surface area contributed by atoms with E-state index in [1.807, 2.05) is 24.0 Å². The van der Waals surface area contributed by atoms with Gasteiger partial charge in [-0.15, -0.1) is 0 Å². The third kappa shape index (κ3) is 5.43. The summed E-state index contributed by atoms with van der Waals surface area (Å²) >= 11 is 0. The molecular weight excluding hydrogens is 413 g/mol. The summed E-state index contributed by atoms with van der Waals surface area (Å²) in [6.07, 6.45) is 2.40. The lowest BCUT2D eigenvalue weighted by molar-refractivity contribution is -0.135. The molecule has 1 saturated heterocycles. The number of nitrogens with zero attached hydrogens (tertiary/aromatic N) is 3. The number of likely N-dealkylation sites (tertiary alicyclic amines) is 1. The van der Waals surface area contributed by atoms with Gasteiger partial charge in [-0.25, -0.2) is 4.39 Å². The fraction of sp³-hybridized carbons (Fsp3) is 0.375. The quantitative estimate of drug-likeness (QED) is 0.525. The number of halogens is 1. The average molecular weight is 439 g/mol. The minimum Gasteiger partial charge on any atom is -0.494 e. The molecule has 3 aromatic rings. The first-order chi connectivity index (χ1) is 15.6. The molecule has 1 aliphatic rings. The summed E-state index contributed by atoms with van der Waals surface area (Å²) < 4.78 is 30.3. The Bertz CT molecular complexity index is 1040. The van der Waals surface area contributed by atoms with E-state index in [2.05, 4.69) is 10.1 Å². The van der Waals surface area contributed by atoms with Gasteiger partial charge in [-0.1, -0.05) is 17.3 Å². The number of piperidine rings is 1. The summed E-state index contributed by atoms with van der Waals surface area (Å²) in [6.45, 7) is 3.81. The molecular formula is C24H26FN3O4. The molecule has 2 aromatic carbocycles. The van der Waals surface area contributed by atoms with E-state index in [1.165, 1.54) is 6.07 Å². The van der Waals surface area contributed by atoms with Crippen LogP contribution in [-0.4, -0.2) is 47.3 Å². The molecule has 0 saturated carbocycles. The third-order valence-corrected chi connectivity index (χ3v) is 5.41. The van der Waals surface area contributed by atoms with Gasteiger partial charge >= 0.3 is 0 Å². The molecule has 1 unspecified atom stereocenters. The Balaban J connectivity index is 1.29. The Kier molecular flexibility index (Phi) is 6.99. The molecule has 0 N–H and O–H groups in total. The van der Waals surface area contributed by atoms with E-state index in [1.54, 1.807) is 30.3 Å². The topological polar surface area (TPSA) is 77.7 Å². The highest BCUT2D eigenvalue weighted by molar-refractivity contribution is 5.77. The lowest BCUT2D eigenvalue weighted by atomic mass is 9.94. The SMILES string of the molecule is CCOc1ccc(OCC(=O)N2CCCC(Cc3nc(-c4ccccc4F)no3)C2)cc1. The number of hydrogen-bond donors (Lipinski definition) is 0. The smallest absolute Gasteiger partial charge is 0.260 e. The van der Waals surface area contributed by atoms with E-state index in [4.69, 9.17) is 14.0 Å². The summed E-state index contributed by atoms with van der Waals surface area (Å²) in [5.41, 5.74) is 0.314. The number of carbonyl (C=O) groups excluding carboxylic acids is 1. The molecule has 0 aliphatic carbocycles. The molecule has 1 amide bonds. The van der Waals surface area contributed by atoms with Gasteiger partial charge < -0.3 is 18.9 Å². The van der Waals surface area contributed by atoms with Crippen LogP contribution in [0.15, 0.2) is 53.1 Å². The highest BCUT2D eigenvalue weighted by atomic mass is 19.1. The first-order valence-electron chi connectivity index (χ1n) is 10.8. The van der Waals surface area contributed by atoms with Crippen LogP contribution in [-0.2, 0) is 11.2 Å². The van der Waals surface area contributed by atoms with Crippen LogP contribution in [0.25, 0.3) is 11.4 Å². The molecule has 4 rings (SSSR count). The third-order valence-electron chi connectivity index (χ3n) is 5.41. The zero-order chi connectivity index (χ0) is 22.3. The summed E-state index contributed by atoms with van der Waals surface area (Å²) in [7, 11) is 0. The van der Waals surface area contributed by atoms with Crippen LogP contribution in [0.5, 0.6) is 11.5 Å². The minimum atomic E-state index is -0.387. The van der Waals surface area contributed by atoms with Crippen molar-refractivity contribution in [2.75, 3.05) is 26.3 Å². The van der Waals surface area contributed by atoms with E-state index in [9.17, 15) is 9.18 Å². The van der Waals surface area contributed by atoms with Crippen LogP contribution in [0.2, 0.25) is 0 Å². The van der Waals surface area contributed by atoms with E-state index in [-0.39, 0.29) is 30.1 Å². The van der Waals surface area contributed by atoms with Gasteiger partial charge in [0.2, 0.25) is 11.7 Å². The predicted molar refractivity (Wildman–Crippen MR) is 116 cm³/mol. The van der Waals surface area contributed by atoms with Gasteiger partial charge in [0.05, 0.1) is 12.2 Å². The number of ether oxygens (including phenoxy) is 2. The summed E-state index contributed by atoms with van der Waals surface area (Å²) in [5, 5.41) is 3.91. The van der Waals surface area contributed by atoms with Crippen molar-refractivity contribution < 1.29 is 23.2 Å². The Morgan fingerprint density at radius 1 is 1.16 bits per heavy atom. The van der Waals surface area contributed by atoms with Crippen molar-refractivity contribution in [1.82, 2.24) is 15.0 Å². The molecule has 0 bridgehead atoms. The number of amides is 1. The maximum Gasteiger partial charge on any atom is 0.260 e. The van der Waals surface area contributed by atoms with Gasteiger partial charge in [-0.2, -0.15) is 4.98 Å². The van der Waals surface area contributed by atoms with Crippen LogP contribution < -0.4 is 9.47 Å². The minimum absolute atomic E-state index is 0.0152. The van der Waals surface area contributed by atoms with Gasteiger partial charge in [0.15, 0.2) is 6.61 Å². The number of carbonyl (C=O) groups is 1. The van der Waals surface area contributed by atoms with Crippen LogP contribution in [0.3, 0.4) is 0 Å². The predicted octanol–water partition coefficient (Wildman–Crippen LogP) is 4.13. The number of aromatic nitrogens is 2. The van der Waals surface area contributed by atoms with E-state index in [0.717, 1.165) is 18.6 Å². The number of hydrogen-bond acceptors (Lipinski definition) is 6. The average Bonchev–Trinajstić information content (AvgIpc) is 3.27. The van der Waals surface area contributed by atoms with Crippen molar-refractivity contribution in [3.8, 4) is 22.9 Å². The molecule has 1 fully saturated rings. The number of rotatable bonds is 8. The first kappa shape index (κ1) is 21.8. The largest absolute Gasteiger partial charge is 0.494 e. The van der Waals surface area contributed by atoms with Gasteiger partial charge in [0, 0.05) is 19.5 Å². The van der Waals surface area contributed by atoms with Crippen LogP contribution in [0.4, 0.5) is 4.39 Å². The highest BCUT2D eigenvalue weighted by Crippen LogP contribution is 2.24.